The summed E-state index contributed by atoms with van der Waals surface area (Å²) in [5, 5.41) is 3.67. The monoisotopic (exact) mass is 360 g/mol. The van der Waals surface area contributed by atoms with Crippen LogP contribution in [-0.2, 0) is 0 Å². The zero-order valence-corrected chi connectivity index (χ0v) is 14.5. The molecule has 0 bridgehead atoms. The second kappa shape index (κ2) is 7.03. The van der Waals surface area contributed by atoms with Crippen molar-refractivity contribution in [3.63, 3.8) is 0 Å². The Hall–Kier alpha value is -3.09. The van der Waals surface area contributed by atoms with Crippen molar-refractivity contribution in [3.05, 3.63) is 53.2 Å². The van der Waals surface area contributed by atoms with Gasteiger partial charge in [0, 0.05) is 22.8 Å². The molecule has 1 amide bonds. The molecule has 3 rings (SSSR count). The summed E-state index contributed by atoms with van der Waals surface area (Å²) < 4.78 is 34.5. The first-order chi connectivity index (χ1) is 12.4. The number of aromatic nitrogens is 1. The summed E-state index contributed by atoms with van der Waals surface area (Å²) in [5.74, 6) is -0.351. The number of aryl methyl sites for hydroxylation is 2. The predicted molar refractivity (Wildman–Crippen MR) is 95.4 cm³/mol. The lowest BCUT2D eigenvalue weighted by Crippen LogP contribution is -2.13. The lowest BCUT2D eigenvalue weighted by atomic mass is 10.1. The standard InChI is InChI=1S/C19H18F2N2O3/c1-10-11(2)22-17-13(10)5-4-6-14(17)18(24)23-12-7-8-15(25-3)16(9-12)26-19(20)21/h4-9,19,22H,1-3H3,(H,23,24). The first-order valence-electron chi connectivity index (χ1n) is 7.92. The molecule has 0 radical (unpaired) electrons. The van der Waals surface area contributed by atoms with E-state index in [0.717, 1.165) is 22.2 Å². The number of hydrogen-bond acceptors (Lipinski definition) is 3. The molecule has 7 heteroatoms. The van der Waals surface area contributed by atoms with E-state index >= 15 is 0 Å². The maximum Gasteiger partial charge on any atom is 0.387 e. The molecule has 0 aliphatic heterocycles. The minimum absolute atomic E-state index is 0.148. The molecule has 0 aliphatic carbocycles. The highest BCUT2D eigenvalue weighted by atomic mass is 19.3. The van der Waals surface area contributed by atoms with Crippen LogP contribution in [0.1, 0.15) is 21.6 Å². The largest absolute Gasteiger partial charge is 0.493 e. The van der Waals surface area contributed by atoms with E-state index in [1.807, 2.05) is 19.9 Å². The smallest absolute Gasteiger partial charge is 0.387 e. The number of ether oxygens (including phenoxy) is 2. The van der Waals surface area contributed by atoms with Crippen LogP contribution < -0.4 is 14.8 Å². The van der Waals surface area contributed by atoms with Gasteiger partial charge in [0.25, 0.3) is 5.91 Å². The van der Waals surface area contributed by atoms with Crippen LogP contribution in [0.3, 0.4) is 0 Å². The molecule has 136 valence electrons. The highest BCUT2D eigenvalue weighted by Gasteiger charge is 2.16. The van der Waals surface area contributed by atoms with Gasteiger partial charge in [-0.05, 0) is 37.6 Å². The molecule has 5 nitrogen and oxygen atoms in total. The van der Waals surface area contributed by atoms with Crippen molar-refractivity contribution in [2.24, 2.45) is 0 Å². The number of methoxy groups -OCH3 is 1. The van der Waals surface area contributed by atoms with Gasteiger partial charge in [0.1, 0.15) is 0 Å². The summed E-state index contributed by atoms with van der Waals surface area (Å²) in [6.07, 6.45) is 0. The molecule has 0 fully saturated rings. The topological polar surface area (TPSA) is 63.3 Å². The van der Waals surface area contributed by atoms with Gasteiger partial charge < -0.3 is 19.8 Å². The summed E-state index contributed by atoms with van der Waals surface area (Å²) >= 11 is 0. The Balaban J connectivity index is 1.92. The first kappa shape index (κ1) is 17.7. The van der Waals surface area contributed by atoms with Gasteiger partial charge in [-0.3, -0.25) is 4.79 Å². The van der Waals surface area contributed by atoms with Crippen LogP contribution in [0.15, 0.2) is 36.4 Å². The van der Waals surface area contributed by atoms with Gasteiger partial charge >= 0.3 is 6.61 Å². The van der Waals surface area contributed by atoms with Crippen molar-refractivity contribution in [1.82, 2.24) is 4.98 Å². The van der Waals surface area contributed by atoms with Crippen LogP contribution in [0.25, 0.3) is 10.9 Å². The van der Waals surface area contributed by atoms with Crippen LogP contribution in [0.5, 0.6) is 11.5 Å². The van der Waals surface area contributed by atoms with Crippen LogP contribution in [-0.4, -0.2) is 24.6 Å². The molecule has 1 aromatic heterocycles. The molecule has 0 atom stereocenters. The molecule has 2 N–H and O–H groups in total. The molecule has 1 heterocycles. The van der Waals surface area contributed by atoms with Gasteiger partial charge in [-0.1, -0.05) is 12.1 Å². The Morgan fingerprint density at radius 2 is 1.92 bits per heavy atom. The third-order valence-corrected chi connectivity index (χ3v) is 4.23. The third kappa shape index (κ3) is 3.33. The van der Waals surface area contributed by atoms with Crippen molar-refractivity contribution in [1.29, 1.82) is 0 Å². The number of hydrogen-bond donors (Lipinski definition) is 2. The van der Waals surface area contributed by atoms with E-state index in [4.69, 9.17) is 4.74 Å². The molecular weight excluding hydrogens is 342 g/mol. The summed E-state index contributed by atoms with van der Waals surface area (Å²) in [6.45, 7) is 0.926. The number of alkyl halides is 2. The lowest BCUT2D eigenvalue weighted by Gasteiger charge is -2.12. The van der Waals surface area contributed by atoms with Gasteiger partial charge in [0.15, 0.2) is 11.5 Å². The summed E-state index contributed by atoms with van der Waals surface area (Å²) in [6, 6.07) is 9.75. The second-order valence-electron chi connectivity index (χ2n) is 5.80. The van der Waals surface area contributed by atoms with E-state index in [0.29, 0.717) is 11.3 Å². The highest BCUT2D eigenvalue weighted by Crippen LogP contribution is 2.32. The van der Waals surface area contributed by atoms with Crippen LogP contribution in [0.4, 0.5) is 14.5 Å². The van der Waals surface area contributed by atoms with Gasteiger partial charge in [-0.25, -0.2) is 0 Å². The SMILES string of the molecule is COc1ccc(NC(=O)c2cccc3c(C)c(C)[nH]c23)cc1OC(F)F. The number of rotatable bonds is 5. The van der Waals surface area contributed by atoms with Gasteiger partial charge in [-0.2, -0.15) is 8.78 Å². The molecule has 26 heavy (non-hydrogen) atoms. The van der Waals surface area contributed by atoms with Crippen LogP contribution >= 0.6 is 0 Å². The molecule has 2 aromatic carbocycles. The van der Waals surface area contributed by atoms with Crippen molar-refractivity contribution in [2.75, 3.05) is 12.4 Å². The van der Waals surface area contributed by atoms with Crippen LogP contribution in [0.2, 0.25) is 0 Å². The average Bonchev–Trinajstić information content (AvgIpc) is 2.89. The number of fused-ring (bicyclic) bond motifs is 1. The van der Waals surface area contributed by atoms with Crippen molar-refractivity contribution < 1.29 is 23.0 Å². The Morgan fingerprint density at radius 3 is 2.62 bits per heavy atom. The average molecular weight is 360 g/mol. The number of anilines is 1. The van der Waals surface area contributed by atoms with Crippen molar-refractivity contribution in [3.8, 4) is 11.5 Å². The first-order valence-corrected chi connectivity index (χ1v) is 7.92. The zero-order chi connectivity index (χ0) is 18.8. The quantitative estimate of drug-likeness (QED) is 0.696. The fourth-order valence-electron chi connectivity index (χ4n) is 2.81. The number of carbonyl (C=O) groups is 1. The number of halogens is 2. The van der Waals surface area contributed by atoms with Gasteiger partial charge in [0.2, 0.25) is 0 Å². The van der Waals surface area contributed by atoms with E-state index in [1.54, 1.807) is 18.2 Å². The third-order valence-electron chi connectivity index (χ3n) is 4.23. The number of amides is 1. The fourth-order valence-corrected chi connectivity index (χ4v) is 2.81. The minimum Gasteiger partial charge on any atom is -0.493 e. The second-order valence-corrected chi connectivity index (χ2v) is 5.80. The van der Waals surface area contributed by atoms with Gasteiger partial charge in [-0.15, -0.1) is 0 Å². The zero-order valence-electron chi connectivity index (χ0n) is 14.5. The summed E-state index contributed by atoms with van der Waals surface area (Å²) in [7, 11) is 1.35. The molecule has 0 spiro atoms. The van der Waals surface area contributed by atoms with Crippen molar-refractivity contribution >= 4 is 22.5 Å². The maximum atomic E-state index is 12.7. The molecule has 3 aromatic rings. The Morgan fingerprint density at radius 1 is 1.15 bits per heavy atom. The lowest BCUT2D eigenvalue weighted by molar-refractivity contribution is -0.0511. The molecule has 0 saturated carbocycles. The number of aromatic amines is 1. The summed E-state index contributed by atoms with van der Waals surface area (Å²) in [4.78, 5) is 15.9. The fraction of sp³-hybridized carbons (Fsp3) is 0.211. The molecule has 0 unspecified atom stereocenters. The number of nitrogens with one attached hydrogen (secondary N) is 2. The Labute approximate surface area is 148 Å². The predicted octanol–water partition coefficient (Wildman–Crippen LogP) is 4.65. The van der Waals surface area contributed by atoms with Gasteiger partial charge in [0.05, 0.1) is 18.2 Å². The van der Waals surface area contributed by atoms with E-state index in [-0.39, 0.29) is 17.4 Å². The highest BCUT2D eigenvalue weighted by molar-refractivity contribution is 6.12. The number of carbonyl (C=O) groups excluding carboxylic acids is 1. The van der Waals surface area contributed by atoms with E-state index in [9.17, 15) is 13.6 Å². The van der Waals surface area contributed by atoms with Crippen molar-refractivity contribution in [2.45, 2.75) is 20.5 Å². The van der Waals surface area contributed by atoms with E-state index in [2.05, 4.69) is 15.0 Å². The molecular formula is C19H18F2N2O3. The Bertz CT molecular complexity index is 967. The number of para-hydroxylation sites is 1. The molecule has 0 saturated heterocycles. The van der Waals surface area contributed by atoms with E-state index < -0.39 is 6.61 Å². The molecule has 0 aliphatic rings. The normalized spacial score (nSPS) is 11.0. The maximum absolute atomic E-state index is 12.7. The number of H-pyrrole nitrogens is 1. The Kier molecular flexibility index (Phi) is 4.79. The number of benzene rings is 2. The van der Waals surface area contributed by atoms with E-state index in [1.165, 1.54) is 19.2 Å². The minimum atomic E-state index is -2.99. The summed E-state index contributed by atoms with van der Waals surface area (Å²) in [5.41, 5.74) is 3.58. The van der Waals surface area contributed by atoms with Crippen LogP contribution in [0, 0.1) is 13.8 Å².